The molecule has 2 aromatic heterocycles. The maximum absolute atomic E-state index is 4.02. The zero-order chi connectivity index (χ0) is 9.80. The van der Waals surface area contributed by atoms with Crippen molar-refractivity contribution in [1.82, 2.24) is 20.4 Å². The van der Waals surface area contributed by atoms with Crippen LogP contribution in [0.4, 0.5) is 5.69 Å². The van der Waals surface area contributed by atoms with Crippen molar-refractivity contribution in [2.45, 2.75) is 13.5 Å². The first-order valence-corrected chi connectivity index (χ1v) is 4.35. The van der Waals surface area contributed by atoms with E-state index < -0.39 is 0 Å². The second kappa shape index (κ2) is 3.87. The average molecular weight is 189 g/mol. The Bertz CT molecular complexity index is 395. The Morgan fingerprint density at radius 3 is 3.07 bits per heavy atom. The summed E-state index contributed by atoms with van der Waals surface area (Å²) in [6, 6.07) is 1.94. The fourth-order valence-corrected chi connectivity index (χ4v) is 1.17. The van der Waals surface area contributed by atoms with E-state index in [-0.39, 0.29) is 0 Å². The minimum absolute atomic E-state index is 0.668. The smallest absolute Gasteiger partial charge is 0.101 e. The van der Waals surface area contributed by atoms with Gasteiger partial charge in [0.15, 0.2) is 0 Å². The summed E-state index contributed by atoms with van der Waals surface area (Å²) in [7, 11) is 0. The molecule has 0 aliphatic heterocycles. The van der Waals surface area contributed by atoms with Crippen molar-refractivity contribution in [3.63, 3.8) is 0 Å². The van der Waals surface area contributed by atoms with Crippen molar-refractivity contribution in [2.75, 3.05) is 5.32 Å². The summed E-state index contributed by atoms with van der Waals surface area (Å²) >= 11 is 0. The van der Waals surface area contributed by atoms with Gasteiger partial charge in [0.05, 0.1) is 12.7 Å². The second-order valence-electron chi connectivity index (χ2n) is 3.01. The van der Waals surface area contributed by atoms with Crippen molar-refractivity contribution < 1.29 is 0 Å². The van der Waals surface area contributed by atoms with E-state index in [1.165, 1.54) is 0 Å². The number of hydrogen-bond acceptors (Lipinski definition) is 4. The predicted octanol–water partition coefficient (Wildman–Crippen LogP) is 1.12. The van der Waals surface area contributed by atoms with Crippen LogP contribution in [-0.4, -0.2) is 20.4 Å². The monoisotopic (exact) mass is 189 g/mol. The molecule has 0 aromatic carbocycles. The Balaban J connectivity index is 2.02. The largest absolute Gasteiger partial charge is 0.379 e. The van der Waals surface area contributed by atoms with E-state index in [1.54, 1.807) is 12.4 Å². The lowest BCUT2D eigenvalue weighted by atomic mass is 10.2. The molecule has 0 unspecified atom stereocenters. The van der Waals surface area contributed by atoms with Crippen molar-refractivity contribution in [3.8, 4) is 0 Å². The van der Waals surface area contributed by atoms with Crippen molar-refractivity contribution >= 4 is 5.69 Å². The summed E-state index contributed by atoms with van der Waals surface area (Å²) in [5, 5.41) is 13.5. The van der Waals surface area contributed by atoms with Gasteiger partial charge in [-0.2, -0.15) is 15.4 Å². The first-order chi connectivity index (χ1) is 6.86. The molecular formula is C9H11N5. The molecule has 5 heteroatoms. The summed E-state index contributed by atoms with van der Waals surface area (Å²) in [4.78, 5) is 4.02. The van der Waals surface area contributed by atoms with Crippen molar-refractivity contribution in [3.05, 3.63) is 35.9 Å². The van der Waals surface area contributed by atoms with Crippen LogP contribution in [-0.2, 0) is 6.54 Å². The molecule has 0 aliphatic rings. The minimum Gasteiger partial charge on any atom is -0.379 e. The molecule has 2 aromatic rings. The molecule has 0 saturated carbocycles. The summed E-state index contributed by atoms with van der Waals surface area (Å²) in [6.07, 6.45) is 5.28. The van der Waals surface area contributed by atoms with Gasteiger partial charge < -0.3 is 5.32 Å². The van der Waals surface area contributed by atoms with Crippen LogP contribution in [0.3, 0.4) is 0 Å². The van der Waals surface area contributed by atoms with Gasteiger partial charge in [0.2, 0.25) is 0 Å². The number of nitrogens with one attached hydrogen (secondary N) is 2. The normalized spacial score (nSPS) is 10.1. The Morgan fingerprint density at radius 1 is 1.43 bits per heavy atom. The van der Waals surface area contributed by atoms with Crippen LogP contribution >= 0.6 is 0 Å². The molecular weight excluding hydrogens is 178 g/mol. The van der Waals surface area contributed by atoms with Gasteiger partial charge >= 0.3 is 0 Å². The van der Waals surface area contributed by atoms with Crippen LogP contribution in [0.1, 0.15) is 11.3 Å². The number of rotatable bonds is 3. The third-order valence-corrected chi connectivity index (χ3v) is 1.95. The molecule has 0 fully saturated rings. The number of pyridine rings is 1. The lowest BCUT2D eigenvalue weighted by Gasteiger charge is -2.06. The highest BCUT2D eigenvalue weighted by atomic mass is 15.3. The van der Waals surface area contributed by atoms with E-state index in [4.69, 9.17) is 0 Å². The molecule has 0 bridgehead atoms. The van der Waals surface area contributed by atoms with Gasteiger partial charge in [0.25, 0.3) is 0 Å². The van der Waals surface area contributed by atoms with Gasteiger partial charge in [-0.3, -0.25) is 4.98 Å². The highest BCUT2D eigenvalue weighted by Gasteiger charge is 1.98. The standard InChI is InChI=1S/C9H11N5/c1-7-4-10-3-2-9(7)11-5-8-6-12-14-13-8/h2-4,6H,5H2,1H3,(H,10,11)(H,12,13,14). The highest BCUT2D eigenvalue weighted by Crippen LogP contribution is 2.11. The third kappa shape index (κ3) is 1.87. The maximum Gasteiger partial charge on any atom is 0.101 e. The number of anilines is 1. The quantitative estimate of drug-likeness (QED) is 0.759. The summed E-state index contributed by atoms with van der Waals surface area (Å²) in [6.45, 7) is 2.68. The zero-order valence-corrected chi connectivity index (χ0v) is 7.86. The molecule has 0 atom stereocenters. The topological polar surface area (TPSA) is 66.5 Å². The number of aromatic amines is 1. The predicted molar refractivity (Wildman–Crippen MR) is 52.7 cm³/mol. The highest BCUT2D eigenvalue weighted by molar-refractivity contribution is 5.48. The lowest BCUT2D eigenvalue weighted by molar-refractivity contribution is 0.910. The first kappa shape index (κ1) is 8.68. The number of hydrogen-bond donors (Lipinski definition) is 2. The molecule has 5 nitrogen and oxygen atoms in total. The lowest BCUT2D eigenvalue weighted by Crippen LogP contribution is -2.01. The molecule has 0 saturated heterocycles. The van der Waals surface area contributed by atoms with Crippen molar-refractivity contribution in [2.24, 2.45) is 0 Å². The SMILES string of the molecule is Cc1cnccc1NCc1cn[nH]n1. The Labute approximate surface area is 81.6 Å². The van der Waals surface area contributed by atoms with Gasteiger partial charge in [-0.1, -0.05) is 0 Å². The van der Waals surface area contributed by atoms with E-state index >= 15 is 0 Å². The minimum atomic E-state index is 0.668. The molecule has 0 radical (unpaired) electrons. The number of nitrogens with zero attached hydrogens (tertiary/aromatic N) is 3. The summed E-state index contributed by atoms with van der Waals surface area (Å²) < 4.78 is 0. The van der Waals surface area contributed by atoms with Gasteiger partial charge in [0, 0.05) is 18.1 Å². The van der Waals surface area contributed by atoms with Gasteiger partial charge in [0.1, 0.15) is 5.69 Å². The molecule has 0 spiro atoms. The zero-order valence-electron chi connectivity index (χ0n) is 7.86. The fraction of sp³-hybridized carbons (Fsp3) is 0.222. The average Bonchev–Trinajstić information content (AvgIpc) is 2.69. The molecule has 14 heavy (non-hydrogen) atoms. The van der Waals surface area contributed by atoms with Crippen LogP contribution in [0.2, 0.25) is 0 Å². The molecule has 2 rings (SSSR count). The van der Waals surface area contributed by atoms with Gasteiger partial charge in [-0.05, 0) is 18.6 Å². The molecule has 2 heterocycles. The van der Waals surface area contributed by atoms with Crippen LogP contribution in [0.15, 0.2) is 24.7 Å². The molecule has 0 amide bonds. The number of aromatic nitrogens is 4. The van der Waals surface area contributed by atoms with Crippen LogP contribution in [0, 0.1) is 6.92 Å². The van der Waals surface area contributed by atoms with E-state index in [1.807, 2.05) is 19.2 Å². The van der Waals surface area contributed by atoms with Crippen LogP contribution in [0.25, 0.3) is 0 Å². The fourth-order valence-electron chi connectivity index (χ4n) is 1.17. The number of aryl methyl sites for hydroxylation is 1. The molecule has 72 valence electrons. The number of H-pyrrole nitrogens is 1. The van der Waals surface area contributed by atoms with Gasteiger partial charge in [-0.15, -0.1) is 0 Å². The first-order valence-electron chi connectivity index (χ1n) is 4.35. The van der Waals surface area contributed by atoms with Crippen molar-refractivity contribution in [1.29, 1.82) is 0 Å². The molecule has 2 N–H and O–H groups in total. The second-order valence-corrected chi connectivity index (χ2v) is 3.01. The third-order valence-electron chi connectivity index (χ3n) is 1.95. The Hall–Kier alpha value is -1.91. The van der Waals surface area contributed by atoms with Crippen LogP contribution in [0.5, 0.6) is 0 Å². The van der Waals surface area contributed by atoms with E-state index in [2.05, 4.69) is 25.7 Å². The van der Waals surface area contributed by atoms with Crippen LogP contribution < -0.4 is 5.32 Å². The Kier molecular flexibility index (Phi) is 2.40. The maximum atomic E-state index is 4.02. The van der Waals surface area contributed by atoms with Gasteiger partial charge in [-0.25, -0.2) is 0 Å². The van der Waals surface area contributed by atoms with E-state index in [0.29, 0.717) is 6.54 Å². The summed E-state index contributed by atoms with van der Waals surface area (Å²) in [5.41, 5.74) is 3.08. The molecule has 0 aliphatic carbocycles. The summed E-state index contributed by atoms with van der Waals surface area (Å²) in [5.74, 6) is 0. The van der Waals surface area contributed by atoms with E-state index in [0.717, 1.165) is 16.9 Å². The Morgan fingerprint density at radius 2 is 2.36 bits per heavy atom. The van der Waals surface area contributed by atoms with E-state index in [9.17, 15) is 0 Å².